The summed E-state index contributed by atoms with van der Waals surface area (Å²) in [5.74, 6) is 0.0243. The number of anilines is 2. The van der Waals surface area contributed by atoms with Gasteiger partial charge in [-0.15, -0.1) is 0 Å². The highest BCUT2D eigenvalue weighted by Gasteiger charge is 2.26. The number of carbonyl (C=O) groups is 1. The highest BCUT2D eigenvalue weighted by Crippen LogP contribution is 2.35. The van der Waals surface area contributed by atoms with E-state index in [4.69, 9.17) is 10.5 Å². The molecule has 2 N–H and O–H groups in total. The first-order valence-electron chi connectivity index (χ1n) is 6.32. The molecule has 0 fully saturated rings. The van der Waals surface area contributed by atoms with Crippen LogP contribution in [0.2, 0.25) is 0 Å². The van der Waals surface area contributed by atoms with Crippen LogP contribution in [-0.4, -0.2) is 12.5 Å². The van der Waals surface area contributed by atoms with Gasteiger partial charge in [0.05, 0.1) is 16.7 Å². The third-order valence-electron chi connectivity index (χ3n) is 3.29. The molecule has 1 aliphatic rings. The third-order valence-corrected chi connectivity index (χ3v) is 4.17. The summed E-state index contributed by atoms with van der Waals surface area (Å²) < 4.78 is 19.3. The van der Waals surface area contributed by atoms with Crippen molar-refractivity contribution in [2.45, 2.75) is 6.54 Å². The minimum atomic E-state index is -0.356. The molecule has 0 aliphatic carbocycles. The van der Waals surface area contributed by atoms with Crippen molar-refractivity contribution in [3.63, 3.8) is 0 Å². The number of hydrogen-bond acceptors (Lipinski definition) is 3. The largest absolute Gasteiger partial charge is 0.481 e. The minimum Gasteiger partial charge on any atom is -0.481 e. The molecule has 1 amide bonds. The van der Waals surface area contributed by atoms with Crippen LogP contribution in [0.4, 0.5) is 15.8 Å². The second-order valence-electron chi connectivity index (χ2n) is 4.71. The van der Waals surface area contributed by atoms with E-state index in [2.05, 4.69) is 15.9 Å². The van der Waals surface area contributed by atoms with E-state index in [1.807, 2.05) is 0 Å². The van der Waals surface area contributed by atoms with Crippen LogP contribution in [-0.2, 0) is 11.3 Å². The molecule has 21 heavy (non-hydrogen) atoms. The minimum absolute atomic E-state index is 0.0522. The molecule has 0 spiro atoms. The lowest BCUT2D eigenvalue weighted by Crippen LogP contribution is -2.38. The zero-order valence-electron chi connectivity index (χ0n) is 11.0. The quantitative estimate of drug-likeness (QED) is 0.846. The first kappa shape index (κ1) is 13.9. The molecule has 0 aromatic heterocycles. The summed E-state index contributed by atoms with van der Waals surface area (Å²) in [7, 11) is 0. The Morgan fingerprint density at radius 2 is 2.14 bits per heavy atom. The average molecular weight is 351 g/mol. The molecular weight excluding hydrogens is 339 g/mol. The Bertz CT molecular complexity index is 721. The number of benzene rings is 2. The van der Waals surface area contributed by atoms with E-state index in [0.717, 1.165) is 0 Å². The Labute approximate surface area is 129 Å². The van der Waals surface area contributed by atoms with Crippen LogP contribution in [0.1, 0.15) is 5.56 Å². The standard InChI is InChI=1S/C15H12BrFN2O2/c16-15-9(2-1-3-11(15)17)7-19-12-5-4-10(18)6-13(12)21-8-14(19)20/h1-6H,7-8,18H2. The van der Waals surface area contributed by atoms with Gasteiger partial charge >= 0.3 is 0 Å². The lowest BCUT2D eigenvalue weighted by atomic mass is 10.1. The number of nitrogens with zero attached hydrogens (tertiary/aromatic N) is 1. The maximum Gasteiger partial charge on any atom is 0.265 e. The molecule has 0 unspecified atom stereocenters. The number of nitrogen functional groups attached to an aromatic ring is 1. The number of fused-ring (bicyclic) bond motifs is 1. The van der Waals surface area contributed by atoms with Crippen LogP contribution in [0, 0.1) is 5.82 Å². The zero-order chi connectivity index (χ0) is 15.0. The number of rotatable bonds is 2. The normalized spacial score (nSPS) is 13.8. The fourth-order valence-electron chi connectivity index (χ4n) is 2.24. The van der Waals surface area contributed by atoms with Gasteiger partial charge in [-0.3, -0.25) is 4.79 Å². The molecule has 6 heteroatoms. The summed E-state index contributed by atoms with van der Waals surface area (Å²) in [4.78, 5) is 13.7. The lowest BCUT2D eigenvalue weighted by Gasteiger charge is -2.30. The van der Waals surface area contributed by atoms with Gasteiger partial charge in [-0.25, -0.2) is 4.39 Å². The molecule has 0 radical (unpaired) electrons. The van der Waals surface area contributed by atoms with Gasteiger partial charge in [0, 0.05) is 11.8 Å². The van der Waals surface area contributed by atoms with Gasteiger partial charge in [0.25, 0.3) is 5.91 Å². The molecule has 2 aromatic rings. The second-order valence-corrected chi connectivity index (χ2v) is 5.50. The smallest absolute Gasteiger partial charge is 0.265 e. The van der Waals surface area contributed by atoms with E-state index in [0.29, 0.717) is 27.2 Å². The number of carbonyl (C=O) groups excluding carboxylic acids is 1. The van der Waals surface area contributed by atoms with Crippen LogP contribution in [0.3, 0.4) is 0 Å². The van der Waals surface area contributed by atoms with Crippen molar-refractivity contribution in [2.75, 3.05) is 17.2 Å². The van der Waals surface area contributed by atoms with Crippen molar-refractivity contribution < 1.29 is 13.9 Å². The Morgan fingerprint density at radius 1 is 1.33 bits per heavy atom. The first-order chi connectivity index (χ1) is 10.1. The van der Waals surface area contributed by atoms with Crippen molar-refractivity contribution in [3.05, 3.63) is 52.3 Å². The SMILES string of the molecule is Nc1ccc2c(c1)OCC(=O)N2Cc1cccc(F)c1Br. The van der Waals surface area contributed by atoms with Gasteiger partial charge < -0.3 is 15.4 Å². The molecule has 2 aromatic carbocycles. The Kier molecular flexibility index (Phi) is 3.55. The molecule has 0 saturated carbocycles. The van der Waals surface area contributed by atoms with Crippen molar-refractivity contribution in [1.29, 1.82) is 0 Å². The predicted octanol–water partition coefficient (Wildman–Crippen LogP) is 3.10. The van der Waals surface area contributed by atoms with E-state index < -0.39 is 0 Å². The third kappa shape index (κ3) is 2.58. The van der Waals surface area contributed by atoms with Crippen molar-refractivity contribution in [3.8, 4) is 5.75 Å². The van der Waals surface area contributed by atoms with E-state index in [1.54, 1.807) is 35.2 Å². The first-order valence-corrected chi connectivity index (χ1v) is 7.11. The van der Waals surface area contributed by atoms with Crippen molar-refractivity contribution in [1.82, 2.24) is 0 Å². The highest BCUT2D eigenvalue weighted by molar-refractivity contribution is 9.10. The fourth-order valence-corrected chi connectivity index (χ4v) is 2.63. The van der Waals surface area contributed by atoms with Crippen molar-refractivity contribution >= 4 is 33.2 Å². The maximum atomic E-state index is 13.6. The lowest BCUT2D eigenvalue weighted by molar-refractivity contribution is -0.121. The molecule has 0 atom stereocenters. The van der Waals surface area contributed by atoms with Crippen LogP contribution in [0.15, 0.2) is 40.9 Å². The Hall–Kier alpha value is -2.08. The van der Waals surface area contributed by atoms with Crippen LogP contribution in [0.25, 0.3) is 0 Å². The zero-order valence-corrected chi connectivity index (χ0v) is 12.6. The molecule has 1 aliphatic heterocycles. The van der Waals surface area contributed by atoms with Gasteiger partial charge in [0.2, 0.25) is 0 Å². The molecule has 3 rings (SSSR count). The van der Waals surface area contributed by atoms with Gasteiger partial charge in [-0.05, 0) is 39.7 Å². The van der Waals surface area contributed by atoms with E-state index in [1.165, 1.54) is 6.07 Å². The summed E-state index contributed by atoms with van der Waals surface area (Å²) >= 11 is 3.21. The number of halogens is 2. The fraction of sp³-hybridized carbons (Fsp3) is 0.133. The molecule has 0 saturated heterocycles. The van der Waals surface area contributed by atoms with E-state index in [-0.39, 0.29) is 24.9 Å². The monoisotopic (exact) mass is 350 g/mol. The summed E-state index contributed by atoms with van der Waals surface area (Å²) in [6, 6.07) is 9.86. The van der Waals surface area contributed by atoms with Crippen LogP contribution < -0.4 is 15.4 Å². The number of amides is 1. The summed E-state index contributed by atoms with van der Waals surface area (Å²) in [6.07, 6.45) is 0. The molecule has 1 heterocycles. The van der Waals surface area contributed by atoms with E-state index >= 15 is 0 Å². The summed E-state index contributed by atoms with van der Waals surface area (Å²) in [6.45, 7) is 0.209. The number of ether oxygens (including phenoxy) is 1. The van der Waals surface area contributed by atoms with Crippen LogP contribution >= 0.6 is 15.9 Å². The number of hydrogen-bond donors (Lipinski definition) is 1. The van der Waals surface area contributed by atoms with Crippen molar-refractivity contribution in [2.24, 2.45) is 0 Å². The summed E-state index contributed by atoms with van der Waals surface area (Å²) in [5.41, 5.74) is 7.61. The number of nitrogens with two attached hydrogens (primary N) is 1. The topological polar surface area (TPSA) is 55.6 Å². The predicted molar refractivity (Wildman–Crippen MR) is 81.6 cm³/mol. The molecular formula is C15H12BrFN2O2. The second kappa shape index (κ2) is 5.37. The van der Waals surface area contributed by atoms with Crippen LogP contribution in [0.5, 0.6) is 5.75 Å². The summed E-state index contributed by atoms with van der Waals surface area (Å²) in [5, 5.41) is 0. The Morgan fingerprint density at radius 3 is 2.95 bits per heavy atom. The molecule has 108 valence electrons. The van der Waals surface area contributed by atoms with E-state index in [9.17, 15) is 9.18 Å². The Balaban J connectivity index is 1.99. The van der Waals surface area contributed by atoms with Gasteiger partial charge in [0.1, 0.15) is 11.6 Å². The van der Waals surface area contributed by atoms with Gasteiger partial charge in [-0.2, -0.15) is 0 Å². The van der Waals surface area contributed by atoms with Gasteiger partial charge in [-0.1, -0.05) is 12.1 Å². The van der Waals surface area contributed by atoms with Gasteiger partial charge in [0.15, 0.2) is 6.61 Å². The maximum absolute atomic E-state index is 13.6. The highest BCUT2D eigenvalue weighted by atomic mass is 79.9. The molecule has 0 bridgehead atoms. The molecule has 4 nitrogen and oxygen atoms in total. The average Bonchev–Trinajstić information content (AvgIpc) is 2.46.